The Hall–Kier alpha value is -2.92. The number of aryl methyl sites for hydroxylation is 4. The fourth-order valence-corrected chi connectivity index (χ4v) is 4.44. The van der Waals surface area contributed by atoms with Gasteiger partial charge in [-0.2, -0.15) is 0 Å². The van der Waals surface area contributed by atoms with E-state index in [9.17, 15) is 0 Å². The highest BCUT2D eigenvalue weighted by Crippen LogP contribution is 2.42. The molecule has 0 aliphatic carbocycles. The van der Waals surface area contributed by atoms with Crippen molar-refractivity contribution in [3.05, 3.63) is 64.3 Å². The molecule has 0 unspecified atom stereocenters. The number of hydrogen-bond acceptors (Lipinski definition) is 5. The molecule has 1 N–H and O–H groups in total. The molecule has 0 saturated heterocycles. The fraction of sp³-hybridized carbons (Fsp3) is 0.217. The van der Waals surface area contributed by atoms with Crippen molar-refractivity contribution in [1.82, 2.24) is 9.97 Å². The second-order valence-electron chi connectivity index (χ2n) is 7.06. The largest absolute Gasteiger partial charge is 0.495 e. The Kier molecular flexibility index (Phi) is 4.77. The Bertz CT molecular complexity index is 1180. The van der Waals surface area contributed by atoms with Gasteiger partial charge in [0.1, 0.15) is 22.7 Å². The molecule has 0 atom stereocenters. The van der Waals surface area contributed by atoms with Crippen LogP contribution in [0.15, 0.2) is 42.7 Å². The number of anilines is 2. The second kappa shape index (κ2) is 7.24. The summed E-state index contributed by atoms with van der Waals surface area (Å²) in [5.41, 5.74) is 7.02. The standard InChI is InChI=1S/C23H23N3OS/c1-13-6-9-19(27-5)18(10-13)26-22-21-20(16(4)28-23(21)25-12-24-22)17-8-7-14(2)15(3)11-17/h6-12H,1-5H3,(H,24,25,26). The number of aromatic nitrogens is 2. The Morgan fingerprint density at radius 2 is 1.75 bits per heavy atom. The number of fused-ring (bicyclic) bond motifs is 1. The number of methoxy groups -OCH3 is 1. The third-order valence-electron chi connectivity index (χ3n) is 5.07. The van der Waals surface area contributed by atoms with Crippen LogP contribution in [0.1, 0.15) is 21.6 Å². The summed E-state index contributed by atoms with van der Waals surface area (Å²) in [5.74, 6) is 1.59. The number of benzene rings is 2. The third kappa shape index (κ3) is 3.22. The van der Waals surface area contributed by atoms with Crippen LogP contribution in [0.3, 0.4) is 0 Å². The summed E-state index contributed by atoms with van der Waals surface area (Å²) in [5, 5.41) is 4.54. The zero-order chi connectivity index (χ0) is 19.8. The lowest BCUT2D eigenvalue weighted by molar-refractivity contribution is 0.416. The summed E-state index contributed by atoms with van der Waals surface area (Å²) in [7, 11) is 1.68. The van der Waals surface area contributed by atoms with Gasteiger partial charge < -0.3 is 10.1 Å². The first-order valence-electron chi connectivity index (χ1n) is 9.21. The van der Waals surface area contributed by atoms with Crippen molar-refractivity contribution < 1.29 is 4.74 Å². The quantitative estimate of drug-likeness (QED) is 0.442. The fourth-order valence-electron chi connectivity index (χ4n) is 3.43. The van der Waals surface area contributed by atoms with Gasteiger partial charge in [0.15, 0.2) is 0 Å². The van der Waals surface area contributed by atoms with Crippen molar-refractivity contribution in [1.29, 1.82) is 0 Å². The lowest BCUT2D eigenvalue weighted by Crippen LogP contribution is -1.99. The summed E-state index contributed by atoms with van der Waals surface area (Å²) in [6.45, 7) is 8.50. The Morgan fingerprint density at radius 3 is 2.50 bits per heavy atom. The molecular weight excluding hydrogens is 366 g/mol. The number of ether oxygens (including phenoxy) is 1. The monoisotopic (exact) mass is 389 g/mol. The van der Waals surface area contributed by atoms with Crippen molar-refractivity contribution >= 4 is 33.1 Å². The Labute approximate surface area is 169 Å². The van der Waals surface area contributed by atoms with Crippen LogP contribution in [0, 0.1) is 27.7 Å². The molecular formula is C23H23N3OS. The summed E-state index contributed by atoms with van der Waals surface area (Å²) in [4.78, 5) is 11.3. The summed E-state index contributed by atoms with van der Waals surface area (Å²) in [6, 6.07) is 12.7. The van der Waals surface area contributed by atoms with Gasteiger partial charge in [0, 0.05) is 10.4 Å². The van der Waals surface area contributed by atoms with Crippen molar-refractivity contribution in [2.75, 3.05) is 12.4 Å². The van der Waals surface area contributed by atoms with Crippen LogP contribution in [0.2, 0.25) is 0 Å². The van der Waals surface area contributed by atoms with E-state index in [1.54, 1.807) is 24.8 Å². The molecule has 0 saturated carbocycles. The maximum atomic E-state index is 5.53. The molecule has 2 aromatic carbocycles. The van der Waals surface area contributed by atoms with Crippen molar-refractivity contribution in [2.24, 2.45) is 0 Å². The molecule has 0 amide bonds. The average molecular weight is 390 g/mol. The number of rotatable bonds is 4. The van der Waals surface area contributed by atoms with Gasteiger partial charge in [-0.15, -0.1) is 11.3 Å². The van der Waals surface area contributed by atoms with Crippen molar-refractivity contribution in [2.45, 2.75) is 27.7 Å². The van der Waals surface area contributed by atoms with Crippen LogP contribution >= 0.6 is 11.3 Å². The lowest BCUT2D eigenvalue weighted by Gasteiger charge is -2.13. The lowest BCUT2D eigenvalue weighted by atomic mass is 9.99. The molecule has 5 heteroatoms. The minimum Gasteiger partial charge on any atom is -0.495 e. The van der Waals surface area contributed by atoms with E-state index in [1.165, 1.54) is 27.1 Å². The SMILES string of the molecule is COc1ccc(C)cc1Nc1ncnc2sc(C)c(-c3ccc(C)c(C)c3)c12. The summed E-state index contributed by atoms with van der Waals surface area (Å²) < 4.78 is 5.53. The highest BCUT2D eigenvalue weighted by Gasteiger charge is 2.18. The van der Waals surface area contributed by atoms with Gasteiger partial charge in [0.05, 0.1) is 18.2 Å². The average Bonchev–Trinajstić information content (AvgIpc) is 3.01. The first kappa shape index (κ1) is 18.4. The molecule has 0 aliphatic rings. The van der Waals surface area contributed by atoms with E-state index in [0.717, 1.165) is 33.0 Å². The Balaban J connectivity index is 1.91. The van der Waals surface area contributed by atoms with E-state index < -0.39 is 0 Å². The van der Waals surface area contributed by atoms with E-state index in [2.05, 4.69) is 67.2 Å². The van der Waals surface area contributed by atoms with Crippen LogP contribution in [0.25, 0.3) is 21.3 Å². The molecule has 2 aromatic heterocycles. The van der Waals surface area contributed by atoms with Gasteiger partial charge in [-0.1, -0.05) is 24.3 Å². The first-order valence-corrected chi connectivity index (χ1v) is 10.0. The van der Waals surface area contributed by atoms with Gasteiger partial charge >= 0.3 is 0 Å². The second-order valence-corrected chi connectivity index (χ2v) is 8.27. The topological polar surface area (TPSA) is 47.0 Å². The molecule has 4 aromatic rings. The minimum atomic E-state index is 0.789. The van der Waals surface area contributed by atoms with E-state index in [1.807, 2.05) is 12.1 Å². The summed E-state index contributed by atoms with van der Waals surface area (Å²) in [6.07, 6.45) is 1.62. The normalized spacial score (nSPS) is 11.0. The number of hydrogen-bond donors (Lipinski definition) is 1. The number of nitrogens with one attached hydrogen (secondary N) is 1. The smallest absolute Gasteiger partial charge is 0.143 e. The molecule has 0 bridgehead atoms. The predicted octanol–water partition coefficient (Wildman–Crippen LogP) is 6.34. The Morgan fingerprint density at radius 1 is 0.929 bits per heavy atom. The van der Waals surface area contributed by atoms with Gasteiger partial charge in [0.25, 0.3) is 0 Å². The van der Waals surface area contributed by atoms with Crippen molar-refractivity contribution in [3.63, 3.8) is 0 Å². The van der Waals surface area contributed by atoms with Crippen LogP contribution in [0.4, 0.5) is 11.5 Å². The third-order valence-corrected chi connectivity index (χ3v) is 6.08. The van der Waals surface area contributed by atoms with Crippen LogP contribution in [-0.2, 0) is 0 Å². The van der Waals surface area contributed by atoms with Crippen LogP contribution < -0.4 is 10.1 Å². The number of nitrogens with zero attached hydrogens (tertiary/aromatic N) is 2. The van der Waals surface area contributed by atoms with E-state index in [0.29, 0.717) is 0 Å². The van der Waals surface area contributed by atoms with E-state index in [4.69, 9.17) is 4.74 Å². The van der Waals surface area contributed by atoms with Gasteiger partial charge in [0.2, 0.25) is 0 Å². The van der Waals surface area contributed by atoms with E-state index >= 15 is 0 Å². The zero-order valence-corrected chi connectivity index (χ0v) is 17.6. The summed E-state index contributed by atoms with van der Waals surface area (Å²) >= 11 is 1.70. The van der Waals surface area contributed by atoms with Crippen LogP contribution in [0.5, 0.6) is 5.75 Å². The van der Waals surface area contributed by atoms with Crippen LogP contribution in [-0.4, -0.2) is 17.1 Å². The van der Waals surface area contributed by atoms with E-state index in [-0.39, 0.29) is 0 Å². The van der Waals surface area contributed by atoms with Gasteiger partial charge in [-0.3, -0.25) is 0 Å². The molecule has 4 rings (SSSR count). The minimum absolute atomic E-state index is 0.789. The molecule has 2 heterocycles. The highest BCUT2D eigenvalue weighted by atomic mass is 32.1. The molecule has 0 fully saturated rings. The maximum absolute atomic E-state index is 5.53. The zero-order valence-electron chi connectivity index (χ0n) is 16.8. The van der Waals surface area contributed by atoms with Crippen molar-refractivity contribution in [3.8, 4) is 16.9 Å². The molecule has 0 spiro atoms. The molecule has 0 radical (unpaired) electrons. The molecule has 28 heavy (non-hydrogen) atoms. The predicted molar refractivity (Wildman–Crippen MR) is 118 cm³/mol. The molecule has 142 valence electrons. The molecule has 4 nitrogen and oxygen atoms in total. The number of thiophene rings is 1. The highest BCUT2D eigenvalue weighted by molar-refractivity contribution is 7.19. The van der Waals surface area contributed by atoms with Gasteiger partial charge in [-0.25, -0.2) is 9.97 Å². The maximum Gasteiger partial charge on any atom is 0.143 e. The molecule has 0 aliphatic heterocycles. The van der Waals surface area contributed by atoms with Gasteiger partial charge in [-0.05, 0) is 62.1 Å². The first-order chi connectivity index (χ1) is 13.5.